The van der Waals surface area contributed by atoms with Crippen LogP contribution in [0.2, 0.25) is 0 Å². The van der Waals surface area contributed by atoms with Gasteiger partial charge in [-0.25, -0.2) is 4.98 Å². The Bertz CT molecular complexity index is 1500. The van der Waals surface area contributed by atoms with Gasteiger partial charge in [-0.2, -0.15) is 5.10 Å². The van der Waals surface area contributed by atoms with E-state index in [0.29, 0.717) is 28.7 Å². The average Bonchev–Trinajstić information content (AvgIpc) is 3.55. The molecule has 0 amide bonds. The molecule has 2 heterocycles. The molecule has 4 heteroatoms. The summed E-state index contributed by atoms with van der Waals surface area (Å²) in [5.41, 5.74) is 10.2. The Morgan fingerprint density at radius 3 is 2.42 bits per heavy atom. The summed E-state index contributed by atoms with van der Waals surface area (Å²) in [6, 6.07) is 12.1. The fourth-order valence-corrected chi connectivity index (χ4v) is 9.03. The number of fused-ring (bicyclic) bond motifs is 3. The van der Waals surface area contributed by atoms with Crippen LogP contribution in [0.1, 0.15) is 121 Å². The molecular formula is C41H56N4. The third-order valence-electron chi connectivity index (χ3n) is 12.0. The van der Waals surface area contributed by atoms with Gasteiger partial charge in [0.05, 0.1) is 6.20 Å². The van der Waals surface area contributed by atoms with Crippen LogP contribution in [-0.4, -0.2) is 21.3 Å². The lowest BCUT2D eigenvalue weighted by molar-refractivity contribution is 0.0458. The average molecular weight is 605 g/mol. The number of aryl methyl sites for hydroxylation is 2. The molecule has 4 nitrogen and oxygen atoms in total. The lowest BCUT2D eigenvalue weighted by Crippen LogP contribution is -2.50. The van der Waals surface area contributed by atoms with Gasteiger partial charge in [0.15, 0.2) is 0 Å². The molecule has 2 bridgehead atoms. The number of rotatable bonds is 11. The fourth-order valence-electron chi connectivity index (χ4n) is 9.03. The first-order valence-electron chi connectivity index (χ1n) is 17.8. The number of anilines is 1. The van der Waals surface area contributed by atoms with E-state index in [1.165, 1.54) is 92.2 Å². The molecule has 0 spiro atoms. The summed E-state index contributed by atoms with van der Waals surface area (Å²) in [5.74, 6) is 2.27. The summed E-state index contributed by atoms with van der Waals surface area (Å²) in [7, 11) is 0. The highest BCUT2D eigenvalue weighted by molar-refractivity contribution is 5.66. The van der Waals surface area contributed by atoms with Crippen LogP contribution in [0.15, 0.2) is 73.4 Å². The third kappa shape index (κ3) is 6.58. The van der Waals surface area contributed by atoms with Gasteiger partial charge in [-0.15, -0.1) is 6.58 Å². The number of benzene rings is 1. The second-order valence-corrected chi connectivity index (χ2v) is 15.4. The molecule has 2 atom stereocenters. The van der Waals surface area contributed by atoms with Crippen LogP contribution >= 0.6 is 0 Å². The highest BCUT2D eigenvalue weighted by Crippen LogP contribution is 2.58. The fraction of sp³-hybridized carbons (Fsp3) is 0.561. The summed E-state index contributed by atoms with van der Waals surface area (Å²) in [4.78, 5) is 7.62. The molecule has 45 heavy (non-hydrogen) atoms. The third-order valence-corrected chi connectivity index (χ3v) is 12.0. The number of pyridine rings is 1. The van der Waals surface area contributed by atoms with E-state index >= 15 is 0 Å². The van der Waals surface area contributed by atoms with Crippen molar-refractivity contribution in [3.63, 3.8) is 0 Å². The van der Waals surface area contributed by atoms with Crippen LogP contribution in [0.5, 0.6) is 0 Å². The molecule has 4 aliphatic rings. The molecule has 0 radical (unpaired) electrons. The van der Waals surface area contributed by atoms with Gasteiger partial charge in [0.2, 0.25) is 0 Å². The zero-order valence-corrected chi connectivity index (χ0v) is 28.7. The smallest absolute Gasteiger partial charge is 0.133 e. The SMILES string of the molecule is C=C(C)CC1CCCC(C(=C)N(CC23CCC(c4ccc(CC)c(C)c4)(CC2)CC3)c2cc(-c3cnn(C(C)C)c3)ccn2)C1. The van der Waals surface area contributed by atoms with E-state index < -0.39 is 0 Å². The van der Waals surface area contributed by atoms with Gasteiger partial charge < -0.3 is 4.90 Å². The van der Waals surface area contributed by atoms with E-state index in [1.807, 2.05) is 17.1 Å². The van der Waals surface area contributed by atoms with Crippen molar-refractivity contribution in [2.24, 2.45) is 17.3 Å². The lowest BCUT2D eigenvalue weighted by Gasteiger charge is -2.55. The lowest BCUT2D eigenvalue weighted by atomic mass is 9.51. The number of allylic oxidation sites excluding steroid dienone is 2. The number of hydrogen-bond donors (Lipinski definition) is 0. The van der Waals surface area contributed by atoms with Crippen LogP contribution in [0.4, 0.5) is 5.82 Å². The van der Waals surface area contributed by atoms with Crippen LogP contribution < -0.4 is 4.90 Å². The molecule has 7 rings (SSSR count). The summed E-state index contributed by atoms with van der Waals surface area (Å²) in [5, 5.41) is 4.63. The topological polar surface area (TPSA) is 34.0 Å². The quantitative estimate of drug-likeness (QED) is 0.204. The van der Waals surface area contributed by atoms with Crippen LogP contribution in [0.3, 0.4) is 0 Å². The second kappa shape index (κ2) is 12.9. The summed E-state index contributed by atoms with van der Waals surface area (Å²) < 4.78 is 2.04. The molecule has 1 aromatic carbocycles. The van der Waals surface area contributed by atoms with Gasteiger partial charge in [-0.3, -0.25) is 4.68 Å². The molecule has 240 valence electrons. The van der Waals surface area contributed by atoms with Crippen molar-refractivity contribution >= 4 is 5.82 Å². The van der Waals surface area contributed by atoms with Crippen molar-refractivity contribution in [2.45, 2.75) is 123 Å². The molecule has 2 aromatic heterocycles. The van der Waals surface area contributed by atoms with Gasteiger partial charge in [0, 0.05) is 36.2 Å². The van der Waals surface area contributed by atoms with Crippen molar-refractivity contribution in [3.05, 3.63) is 90.0 Å². The Kier molecular flexibility index (Phi) is 9.14. The summed E-state index contributed by atoms with van der Waals surface area (Å²) in [6.45, 7) is 21.3. The highest BCUT2D eigenvalue weighted by Gasteiger charge is 2.50. The minimum atomic E-state index is 0.315. The molecule has 4 aliphatic carbocycles. The summed E-state index contributed by atoms with van der Waals surface area (Å²) >= 11 is 0. The Balaban J connectivity index is 1.27. The van der Waals surface area contributed by atoms with E-state index in [0.717, 1.165) is 30.8 Å². The molecule has 0 saturated heterocycles. The molecular weight excluding hydrogens is 548 g/mol. The maximum atomic E-state index is 5.05. The standard InChI is InChI=1S/C41H56N4/c1-8-34-12-13-38(23-31(34)6)41-18-15-40(16-19-41,17-20-41)28-44(32(7)35-11-9-10-33(24-35)22-29(2)3)39-25-36(14-21-42-39)37-26-43-45(27-37)30(4)5/h12-14,21,23,25-27,30,33,35H,2,7-11,15-20,22,24,28H2,1,3-6H3. The van der Waals surface area contributed by atoms with Gasteiger partial charge in [0.25, 0.3) is 0 Å². The van der Waals surface area contributed by atoms with Crippen LogP contribution in [-0.2, 0) is 11.8 Å². The molecule has 3 aromatic rings. The minimum absolute atomic E-state index is 0.315. The van der Waals surface area contributed by atoms with Gasteiger partial charge >= 0.3 is 0 Å². The maximum absolute atomic E-state index is 5.05. The van der Waals surface area contributed by atoms with E-state index in [-0.39, 0.29) is 0 Å². The van der Waals surface area contributed by atoms with Crippen LogP contribution in [0, 0.1) is 24.2 Å². The molecule has 0 aliphatic heterocycles. The molecule has 4 fully saturated rings. The van der Waals surface area contributed by atoms with Gasteiger partial charge in [-0.05, 0) is 149 Å². The zero-order valence-electron chi connectivity index (χ0n) is 28.7. The zero-order chi connectivity index (χ0) is 31.8. The first kappa shape index (κ1) is 31.8. The first-order valence-corrected chi connectivity index (χ1v) is 17.8. The normalized spacial score (nSPS) is 26.3. The highest BCUT2D eigenvalue weighted by atomic mass is 15.3. The van der Waals surface area contributed by atoms with Crippen LogP contribution in [0.25, 0.3) is 11.1 Å². The van der Waals surface area contributed by atoms with Gasteiger partial charge in [0.1, 0.15) is 5.82 Å². The maximum Gasteiger partial charge on any atom is 0.133 e. The Labute approximate surface area is 273 Å². The minimum Gasteiger partial charge on any atom is -0.330 e. The van der Waals surface area contributed by atoms with Gasteiger partial charge in [-0.1, -0.05) is 50.1 Å². The largest absolute Gasteiger partial charge is 0.330 e. The number of aromatic nitrogens is 3. The van der Waals surface area contributed by atoms with Crippen molar-refractivity contribution in [1.82, 2.24) is 14.8 Å². The predicted octanol–water partition coefficient (Wildman–Crippen LogP) is 10.8. The molecule has 4 saturated carbocycles. The Morgan fingerprint density at radius 1 is 1.02 bits per heavy atom. The van der Waals surface area contributed by atoms with Crippen molar-refractivity contribution in [3.8, 4) is 11.1 Å². The van der Waals surface area contributed by atoms with Crippen molar-refractivity contribution in [2.75, 3.05) is 11.4 Å². The number of nitrogens with zero attached hydrogens (tertiary/aromatic N) is 4. The second-order valence-electron chi connectivity index (χ2n) is 15.4. The van der Waals surface area contributed by atoms with E-state index in [1.54, 1.807) is 5.56 Å². The monoisotopic (exact) mass is 604 g/mol. The molecule has 2 unspecified atom stereocenters. The van der Waals surface area contributed by atoms with Crippen molar-refractivity contribution < 1.29 is 0 Å². The van der Waals surface area contributed by atoms with Crippen molar-refractivity contribution in [1.29, 1.82) is 0 Å². The predicted molar refractivity (Wildman–Crippen MR) is 190 cm³/mol. The first-order chi connectivity index (χ1) is 21.6. The Hall–Kier alpha value is -3.14. The molecule has 0 N–H and O–H groups in total. The van der Waals surface area contributed by atoms with E-state index in [9.17, 15) is 0 Å². The van der Waals surface area contributed by atoms with E-state index in [2.05, 4.69) is 87.7 Å². The number of hydrogen-bond acceptors (Lipinski definition) is 3. The summed E-state index contributed by atoms with van der Waals surface area (Å²) in [6.07, 6.45) is 21.2. The van der Waals surface area contributed by atoms with E-state index in [4.69, 9.17) is 11.6 Å². The Morgan fingerprint density at radius 2 is 1.78 bits per heavy atom.